The molecule has 1 aromatic carbocycles. The quantitative estimate of drug-likeness (QED) is 0.845. The molecule has 1 amide bonds. The fraction of sp³-hybridized carbons (Fsp3) is 0.421. The number of carbonyl (C=O) groups is 1. The van der Waals surface area contributed by atoms with E-state index in [9.17, 15) is 9.18 Å². The van der Waals surface area contributed by atoms with Crippen LogP contribution in [0.2, 0.25) is 0 Å². The normalized spacial score (nSPS) is 22.2. The van der Waals surface area contributed by atoms with Crippen molar-refractivity contribution < 1.29 is 13.9 Å². The van der Waals surface area contributed by atoms with E-state index >= 15 is 0 Å². The van der Waals surface area contributed by atoms with Crippen LogP contribution >= 0.6 is 0 Å². The fourth-order valence-corrected chi connectivity index (χ4v) is 3.96. The van der Waals surface area contributed by atoms with Crippen molar-refractivity contribution in [3.05, 3.63) is 47.9 Å². The van der Waals surface area contributed by atoms with Gasteiger partial charge >= 0.3 is 0 Å². The van der Waals surface area contributed by atoms with Crippen molar-refractivity contribution in [2.45, 2.75) is 18.9 Å². The molecule has 0 radical (unpaired) electrons. The van der Waals surface area contributed by atoms with Crippen LogP contribution in [0.1, 0.15) is 23.2 Å². The number of hydrogen-bond donors (Lipinski definition) is 0. The van der Waals surface area contributed by atoms with Crippen LogP contribution < -0.4 is 9.64 Å². The molecule has 2 unspecified atom stereocenters. The number of ether oxygens (including phenoxy) is 1. The average molecular weight is 356 g/mol. The van der Waals surface area contributed by atoms with Gasteiger partial charge in [-0.25, -0.2) is 9.37 Å². The Bertz CT molecular complexity index is 816. The van der Waals surface area contributed by atoms with Crippen LogP contribution in [0.4, 0.5) is 10.3 Å². The van der Waals surface area contributed by atoms with Crippen molar-refractivity contribution in [2.24, 2.45) is 5.92 Å². The minimum absolute atomic E-state index is 0.0469. The van der Waals surface area contributed by atoms with E-state index in [-0.39, 0.29) is 17.5 Å². The topological polar surface area (TPSA) is 58.6 Å². The van der Waals surface area contributed by atoms with Crippen LogP contribution in [0, 0.1) is 11.7 Å². The number of hydrogen-bond acceptors (Lipinski definition) is 5. The number of halogens is 1. The van der Waals surface area contributed by atoms with Gasteiger partial charge in [0, 0.05) is 31.9 Å². The lowest BCUT2D eigenvalue weighted by atomic mass is 9.92. The SMILES string of the molecule is COc1ccnc(N2CCC3CCN(C(=O)c4ccccc4F)C3C2)n1. The highest BCUT2D eigenvalue weighted by molar-refractivity contribution is 5.95. The first kappa shape index (κ1) is 16.8. The monoisotopic (exact) mass is 356 g/mol. The highest BCUT2D eigenvalue weighted by atomic mass is 19.1. The first-order valence-corrected chi connectivity index (χ1v) is 8.85. The van der Waals surface area contributed by atoms with E-state index in [4.69, 9.17) is 4.74 Å². The molecule has 0 N–H and O–H groups in total. The van der Waals surface area contributed by atoms with Crippen molar-refractivity contribution in [1.29, 1.82) is 0 Å². The summed E-state index contributed by atoms with van der Waals surface area (Å²) in [6, 6.07) is 7.93. The zero-order valence-electron chi connectivity index (χ0n) is 14.6. The molecule has 3 heterocycles. The van der Waals surface area contributed by atoms with Crippen LogP contribution in [-0.2, 0) is 0 Å². The van der Waals surface area contributed by atoms with Crippen molar-refractivity contribution in [3.63, 3.8) is 0 Å². The Kier molecular flexibility index (Phi) is 4.44. The summed E-state index contributed by atoms with van der Waals surface area (Å²) in [6.07, 6.45) is 3.59. The number of nitrogens with zero attached hydrogens (tertiary/aromatic N) is 4. The number of amides is 1. The van der Waals surface area contributed by atoms with Gasteiger partial charge in [0.15, 0.2) is 0 Å². The van der Waals surface area contributed by atoms with Crippen molar-refractivity contribution in [2.75, 3.05) is 31.6 Å². The highest BCUT2D eigenvalue weighted by Crippen LogP contribution is 2.34. The lowest BCUT2D eigenvalue weighted by molar-refractivity contribution is 0.0707. The van der Waals surface area contributed by atoms with Crippen molar-refractivity contribution in [3.8, 4) is 5.88 Å². The number of fused-ring (bicyclic) bond motifs is 1. The van der Waals surface area contributed by atoms with Gasteiger partial charge in [-0.1, -0.05) is 12.1 Å². The standard InChI is InChI=1S/C19H21FN4O2/c1-26-17-6-9-21-19(22-17)23-10-7-13-8-11-24(16(13)12-23)18(25)14-4-2-3-5-15(14)20/h2-6,9,13,16H,7-8,10-12H2,1H3. The molecule has 6 nitrogen and oxygen atoms in total. The second-order valence-electron chi connectivity index (χ2n) is 6.73. The summed E-state index contributed by atoms with van der Waals surface area (Å²) in [5.74, 6) is 0.858. The summed E-state index contributed by atoms with van der Waals surface area (Å²) >= 11 is 0. The molecule has 0 saturated carbocycles. The van der Waals surface area contributed by atoms with Gasteiger partial charge in [-0.3, -0.25) is 4.79 Å². The molecule has 2 atom stereocenters. The number of likely N-dealkylation sites (tertiary alicyclic amines) is 1. The smallest absolute Gasteiger partial charge is 0.257 e. The fourth-order valence-electron chi connectivity index (χ4n) is 3.96. The summed E-state index contributed by atoms with van der Waals surface area (Å²) < 4.78 is 19.2. The molecule has 4 rings (SSSR count). The summed E-state index contributed by atoms with van der Waals surface area (Å²) in [5.41, 5.74) is 0.142. The second-order valence-corrected chi connectivity index (χ2v) is 6.73. The van der Waals surface area contributed by atoms with E-state index in [2.05, 4.69) is 14.9 Å². The molecule has 2 saturated heterocycles. The summed E-state index contributed by atoms with van der Waals surface area (Å²) in [4.78, 5) is 25.5. The molecule has 0 spiro atoms. The summed E-state index contributed by atoms with van der Waals surface area (Å²) in [5, 5.41) is 0. The maximum atomic E-state index is 14.1. The third-order valence-electron chi connectivity index (χ3n) is 5.34. The van der Waals surface area contributed by atoms with Gasteiger partial charge in [0.1, 0.15) is 5.82 Å². The highest BCUT2D eigenvalue weighted by Gasteiger charge is 2.41. The molecule has 7 heteroatoms. The largest absolute Gasteiger partial charge is 0.481 e. The number of benzene rings is 1. The number of anilines is 1. The van der Waals surface area contributed by atoms with Crippen LogP contribution in [0.25, 0.3) is 0 Å². The molecule has 1 aromatic heterocycles. The molecule has 136 valence electrons. The maximum Gasteiger partial charge on any atom is 0.257 e. The van der Waals surface area contributed by atoms with E-state index in [0.29, 0.717) is 30.8 Å². The Morgan fingerprint density at radius 1 is 1.23 bits per heavy atom. The van der Waals surface area contributed by atoms with E-state index < -0.39 is 5.82 Å². The predicted molar refractivity (Wildman–Crippen MR) is 94.7 cm³/mol. The zero-order valence-corrected chi connectivity index (χ0v) is 14.6. The van der Waals surface area contributed by atoms with Gasteiger partial charge in [-0.05, 0) is 30.9 Å². The second kappa shape index (κ2) is 6.90. The molecule has 2 aromatic rings. The zero-order chi connectivity index (χ0) is 18.1. The number of piperidine rings is 1. The third kappa shape index (κ3) is 2.98. The molecular formula is C19H21FN4O2. The van der Waals surface area contributed by atoms with Gasteiger partial charge in [-0.15, -0.1) is 0 Å². The van der Waals surface area contributed by atoms with Crippen LogP contribution in [0.3, 0.4) is 0 Å². The molecule has 0 aliphatic carbocycles. The van der Waals surface area contributed by atoms with Gasteiger partial charge in [0.05, 0.1) is 18.7 Å². The van der Waals surface area contributed by atoms with Crippen LogP contribution in [-0.4, -0.2) is 53.6 Å². The number of methoxy groups -OCH3 is 1. The first-order valence-electron chi connectivity index (χ1n) is 8.85. The minimum Gasteiger partial charge on any atom is -0.481 e. The van der Waals surface area contributed by atoms with Crippen molar-refractivity contribution in [1.82, 2.24) is 14.9 Å². The Hall–Kier alpha value is -2.70. The molecule has 2 fully saturated rings. The summed E-state index contributed by atoms with van der Waals surface area (Å²) in [6.45, 7) is 2.16. The van der Waals surface area contributed by atoms with E-state index in [1.165, 1.54) is 6.07 Å². The lowest BCUT2D eigenvalue weighted by Crippen LogP contribution is -2.50. The number of rotatable bonds is 3. The number of carbonyl (C=O) groups excluding carboxylic acids is 1. The molecular weight excluding hydrogens is 335 g/mol. The molecule has 2 aliphatic rings. The Balaban J connectivity index is 1.55. The van der Waals surface area contributed by atoms with E-state index in [0.717, 1.165) is 19.4 Å². The first-order chi connectivity index (χ1) is 12.7. The number of aromatic nitrogens is 2. The van der Waals surface area contributed by atoms with Gasteiger partial charge in [0.2, 0.25) is 11.8 Å². The maximum absolute atomic E-state index is 14.1. The Morgan fingerprint density at radius 3 is 2.85 bits per heavy atom. The van der Waals surface area contributed by atoms with Gasteiger partial charge in [-0.2, -0.15) is 4.98 Å². The third-order valence-corrected chi connectivity index (χ3v) is 5.34. The molecule has 0 bridgehead atoms. The average Bonchev–Trinajstić information content (AvgIpc) is 3.11. The van der Waals surface area contributed by atoms with E-state index in [1.54, 1.807) is 37.6 Å². The molecule has 26 heavy (non-hydrogen) atoms. The summed E-state index contributed by atoms with van der Waals surface area (Å²) in [7, 11) is 1.57. The predicted octanol–water partition coefficient (Wildman–Crippen LogP) is 2.37. The van der Waals surface area contributed by atoms with Crippen molar-refractivity contribution >= 4 is 11.9 Å². The van der Waals surface area contributed by atoms with E-state index in [1.807, 2.05) is 4.90 Å². The van der Waals surface area contributed by atoms with Crippen LogP contribution in [0.15, 0.2) is 36.5 Å². The lowest BCUT2D eigenvalue weighted by Gasteiger charge is -2.38. The van der Waals surface area contributed by atoms with Crippen LogP contribution in [0.5, 0.6) is 5.88 Å². The Morgan fingerprint density at radius 2 is 2.04 bits per heavy atom. The Labute approximate surface area is 151 Å². The van der Waals surface area contributed by atoms with Gasteiger partial charge in [0.25, 0.3) is 5.91 Å². The van der Waals surface area contributed by atoms with Gasteiger partial charge < -0.3 is 14.5 Å². The minimum atomic E-state index is -0.468. The molecule has 2 aliphatic heterocycles.